The summed E-state index contributed by atoms with van der Waals surface area (Å²) in [5, 5.41) is 5.31. The SMILES string of the molecule is COc1ccc2c(c1)C(N(Cc1cccc3ccccc13)C1CCNCC1)C(OC(=O)C(F)(F)F)C(=O)O2. The predicted octanol–water partition coefficient (Wildman–Crippen LogP) is 4.54. The van der Waals surface area contributed by atoms with Crippen LogP contribution >= 0.6 is 0 Å². The Kier molecular flexibility index (Phi) is 7.27. The molecule has 0 radical (unpaired) electrons. The molecular weight excluding hydrogens is 501 g/mol. The number of rotatable bonds is 6. The number of carbonyl (C=O) groups is 2. The third-order valence-corrected chi connectivity index (χ3v) is 7.10. The van der Waals surface area contributed by atoms with Crippen LogP contribution in [0.15, 0.2) is 60.7 Å². The smallest absolute Gasteiger partial charge is 0.490 e. The highest BCUT2D eigenvalue weighted by atomic mass is 19.4. The first-order valence-electron chi connectivity index (χ1n) is 12.4. The van der Waals surface area contributed by atoms with E-state index in [4.69, 9.17) is 14.2 Å². The zero-order valence-corrected chi connectivity index (χ0v) is 20.7. The summed E-state index contributed by atoms with van der Waals surface area (Å²) in [7, 11) is 1.47. The van der Waals surface area contributed by atoms with Gasteiger partial charge in [-0.3, -0.25) is 4.90 Å². The molecular formula is C28H27F3N2O5. The molecule has 2 heterocycles. The molecule has 3 aromatic rings. The Morgan fingerprint density at radius 3 is 2.55 bits per heavy atom. The first kappa shape index (κ1) is 26.0. The molecule has 1 N–H and O–H groups in total. The minimum atomic E-state index is -5.27. The van der Waals surface area contributed by atoms with E-state index in [2.05, 4.69) is 5.32 Å². The van der Waals surface area contributed by atoms with Crippen LogP contribution in [0.3, 0.4) is 0 Å². The van der Waals surface area contributed by atoms with Crippen molar-refractivity contribution in [3.05, 3.63) is 71.8 Å². The molecule has 0 spiro atoms. The first-order chi connectivity index (χ1) is 18.3. The molecule has 2 atom stereocenters. The van der Waals surface area contributed by atoms with E-state index in [0.29, 0.717) is 43.8 Å². The van der Waals surface area contributed by atoms with Gasteiger partial charge in [0.25, 0.3) is 0 Å². The van der Waals surface area contributed by atoms with Crippen molar-refractivity contribution in [1.29, 1.82) is 0 Å². The third-order valence-electron chi connectivity index (χ3n) is 7.10. The van der Waals surface area contributed by atoms with Gasteiger partial charge < -0.3 is 19.5 Å². The number of alkyl halides is 3. The second-order valence-electron chi connectivity index (χ2n) is 9.39. The van der Waals surface area contributed by atoms with Gasteiger partial charge in [-0.15, -0.1) is 0 Å². The second-order valence-corrected chi connectivity index (χ2v) is 9.39. The standard InChI is InChI=1S/C28H27F3N2O5/c1-36-20-9-10-23-22(15-20)24(25(26(34)37-23)38-27(35)28(29,30)31)33(19-11-13-32-14-12-19)16-18-7-4-6-17-5-2-3-8-21(17)18/h2-10,15,19,24-25,32H,11-14,16H2,1H3. The molecule has 1 saturated heterocycles. The van der Waals surface area contributed by atoms with Crippen LogP contribution in [0.5, 0.6) is 11.5 Å². The molecule has 2 aliphatic heterocycles. The number of benzene rings is 3. The van der Waals surface area contributed by atoms with Gasteiger partial charge in [-0.1, -0.05) is 42.5 Å². The van der Waals surface area contributed by atoms with E-state index in [1.807, 2.05) is 47.4 Å². The molecule has 2 aliphatic rings. The van der Waals surface area contributed by atoms with Crippen LogP contribution in [0, 0.1) is 0 Å². The highest BCUT2D eigenvalue weighted by molar-refractivity contribution is 5.87. The number of methoxy groups -OCH3 is 1. The third kappa shape index (κ3) is 5.19. The van der Waals surface area contributed by atoms with Crippen molar-refractivity contribution in [2.24, 2.45) is 0 Å². The summed E-state index contributed by atoms with van der Waals surface area (Å²) in [5.41, 5.74) is 1.36. The van der Waals surface area contributed by atoms with Crippen molar-refractivity contribution in [1.82, 2.24) is 10.2 Å². The molecule has 0 amide bonds. The van der Waals surface area contributed by atoms with E-state index >= 15 is 0 Å². The number of hydrogen-bond acceptors (Lipinski definition) is 7. The molecule has 5 rings (SSSR count). The fourth-order valence-corrected chi connectivity index (χ4v) is 5.30. The van der Waals surface area contributed by atoms with Crippen molar-refractivity contribution in [3.8, 4) is 11.5 Å². The molecule has 10 heteroatoms. The lowest BCUT2D eigenvalue weighted by Crippen LogP contribution is -2.53. The maximum atomic E-state index is 13.3. The fourth-order valence-electron chi connectivity index (χ4n) is 5.30. The van der Waals surface area contributed by atoms with E-state index in [1.165, 1.54) is 7.11 Å². The van der Waals surface area contributed by atoms with Crippen LogP contribution in [0.2, 0.25) is 0 Å². The van der Waals surface area contributed by atoms with Crippen LogP contribution in [0.1, 0.15) is 30.0 Å². The minimum absolute atomic E-state index is 0.114. The summed E-state index contributed by atoms with van der Waals surface area (Å²) < 4.78 is 55.5. The van der Waals surface area contributed by atoms with Crippen LogP contribution in [0.4, 0.5) is 13.2 Å². The molecule has 7 nitrogen and oxygen atoms in total. The van der Waals surface area contributed by atoms with Crippen molar-refractivity contribution in [2.75, 3.05) is 20.2 Å². The van der Waals surface area contributed by atoms with Gasteiger partial charge >= 0.3 is 18.1 Å². The lowest BCUT2D eigenvalue weighted by molar-refractivity contribution is -0.211. The van der Waals surface area contributed by atoms with E-state index in [-0.39, 0.29) is 11.8 Å². The van der Waals surface area contributed by atoms with Crippen LogP contribution in [-0.2, 0) is 20.9 Å². The maximum Gasteiger partial charge on any atom is 0.490 e. The molecule has 0 aromatic heterocycles. The van der Waals surface area contributed by atoms with Crippen molar-refractivity contribution in [2.45, 2.75) is 43.8 Å². The number of nitrogens with zero attached hydrogens (tertiary/aromatic N) is 1. The Labute approximate surface area is 217 Å². The Morgan fingerprint density at radius 1 is 1.08 bits per heavy atom. The first-order valence-corrected chi connectivity index (χ1v) is 12.4. The number of nitrogens with one attached hydrogen (secondary N) is 1. The lowest BCUT2D eigenvalue weighted by Gasteiger charge is -2.44. The zero-order valence-electron chi connectivity index (χ0n) is 20.7. The number of hydrogen-bond donors (Lipinski definition) is 1. The van der Waals surface area contributed by atoms with Crippen LogP contribution in [-0.4, -0.2) is 55.4 Å². The van der Waals surface area contributed by atoms with E-state index in [1.54, 1.807) is 18.2 Å². The predicted molar refractivity (Wildman–Crippen MR) is 133 cm³/mol. The van der Waals surface area contributed by atoms with E-state index in [9.17, 15) is 22.8 Å². The number of esters is 2. The average molecular weight is 529 g/mol. The molecule has 200 valence electrons. The van der Waals surface area contributed by atoms with Gasteiger partial charge in [0.1, 0.15) is 11.5 Å². The zero-order chi connectivity index (χ0) is 26.9. The Morgan fingerprint density at radius 2 is 1.82 bits per heavy atom. The number of carbonyl (C=O) groups excluding carboxylic acids is 2. The number of fused-ring (bicyclic) bond motifs is 2. The summed E-state index contributed by atoms with van der Waals surface area (Å²) in [6, 6.07) is 17.3. The summed E-state index contributed by atoms with van der Waals surface area (Å²) in [4.78, 5) is 27.1. The maximum absolute atomic E-state index is 13.3. The van der Waals surface area contributed by atoms with E-state index < -0.39 is 30.3 Å². The summed E-state index contributed by atoms with van der Waals surface area (Å²) >= 11 is 0. The van der Waals surface area contributed by atoms with Gasteiger partial charge in [-0.25, -0.2) is 9.59 Å². The number of piperidine rings is 1. The molecule has 3 aromatic carbocycles. The van der Waals surface area contributed by atoms with Crippen molar-refractivity contribution in [3.63, 3.8) is 0 Å². The van der Waals surface area contributed by atoms with Crippen molar-refractivity contribution < 1.29 is 37.0 Å². The normalized spacial score (nSPS) is 20.2. The second kappa shape index (κ2) is 10.6. The van der Waals surface area contributed by atoms with E-state index in [0.717, 1.165) is 16.3 Å². The summed E-state index contributed by atoms with van der Waals surface area (Å²) in [6.45, 7) is 1.71. The van der Waals surface area contributed by atoms with Gasteiger partial charge in [0.15, 0.2) is 0 Å². The molecule has 1 fully saturated rings. The summed E-state index contributed by atoms with van der Waals surface area (Å²) in [6.07, 6.45) is -5.71. The largest absolute Gasteiger partial charge is 0.497 e. The van der Waals surface area contributed by atoms with Crippen LogP contribution in [0.25, 0.3) is 10.8 Å². The molecule has 38 heavy (non-hydrogen) atoms. The van der Waals surface area contributed by atoms with Gasteiger partial charge in [0.05, 0.1) is 13.2 Å². The number of ether oxygens (including phenoxy) is 3. The minimum Gasteiger partial charge on any atom is -0.497 e. The quantitative estimate of drug-likeness (QED) is 0.372. The van der Waals surface area contributed by atoms with Crippen molar-refractivity contribution >= 4 is 22.7 Å². The molecule has 0 saturated carbocycles. The lowest BCUT2D eigenvalue weighted by atomic mass is 9.91. The van der Waals surface area contributed by atoms with Crippen LogP contribution < -0.4 is 14.8 Å². The highest BCUT2D eigenvalue weighted by Gasteiger charge is 2.50. The van der Waals surface area contributed by atoms with Gasteiger partial charge in [0, 0.05) is 18.2 Å². The average Bonchev–Trinajstić information content (AvgIpc) is 2.92. The van der Waals surface area contributed by atoms with Gasteiger partial charge in [0.2, 0.25) is 6.10 Å². The Balaban J connectivity index is 1.65. The molecule has 0 bridgehead atoms. The van der Waals surface area contributed by atoms with Gasteiger partial charge in [-0.05, 0) is 60.5 Å². The highest BCUT2D eigenvalue weighted by Crippen LogP contribution is 2.43. The molecule has 2 unspecified atom stereocenters. The summed E-state index contributed by atoms with van der Waals surface area (Å²) in [5.74, 6) is -2.87. The fraction of sp³-hybridized carbons (Fsp3) is 0.357. The molecule has 0 aliphatic carbocycles. The Hall–Kier alpha value is -3.63. The number of halogens is 3. The Bertz CT molecular complexity index is 1330. The van der Waals surface area contributed by atoms with Gasteiger partial charge in [-0.2, -0.15) is 13.2 Å². The topological polar surface area (TPSA) is 77.1 Å². The monoisotopic (exact) mass is 528 g/mol.